The number of benzene rings is 3. The highest BCUT2D eigenvalue weighted by Gasteiger charge is 2.09. The molecule has 0 aliphatic carbocycles. The Kier molecular flexibility index (Phi) is 4.62. The topological polar surface area (TPSA) is 43.4 Å². The standard InChI is InChI=1S/C23H20N2O2/c1-26-18-9-11-21(23(15-18)27-2)25-20-12-13-24-22-14-17(8-10-19(20)22)16-6-4-3-5-7-16/h3-15H,1-2H3,(H,24,25). The van der Waals surface area contributed by atoms with E-state index in [1.807, 2.05) is 48.7 Å². The number of anilines is 2. The number of hydrogen-bond acceptors (Lipinski definition) is 4. The molecule has 1 heterocycles. The van der Waals surface area contributed by atoms with E-state index in [-0.39, 0.29) is 0 Å². The summed E-state index contributed by atoms with van der Waals surface area (Å²) < 4.78 is 10.8. The molecule has 27 heavy (non-hydrogen) atoms. The molecule has 0 bridgehead atoms. The van der Waals surface area contributed by atoms with E-state index in [1.54, 1.807) is 14.2 Å². The Labute approximate surface area is 158 Å². The Hall–Kier alpha value is -3.53. The summed E-state index contributed by atoms with van der Waals surface area (Å²) in [6, 6.07) is 24.3. The second-order valence-electron chi connectivity index (χ2n) is 6.15. The largest absolute Gasteiger partial charge is 0.497 e. The molecule has 0 unspecified atom stereocenters. The highest BCUT2D eigenvalue weighted by atomic mass is 16.5. The van der Waals surface area contributed by atoms with Crippen LogP contribution >= 0.6 is 0 Å². The number of hydrogen-bond donors (Lipinski definition) is 1. The zero-order valence-electron chi connectivity index (χ0n) is 15.3. The van der Waals surface area contributed by atoms with Crippen LogP contribution in [0.3, 0.4) is 0 Å². The molecule has 0 atom stereocenters. The molecule has 0 spiro atoms. The van der Waals surface area contributed by atoms with Crippen molar-refractivity contribution in [3.05, 3.63) is 79.0 Å². The first-order valence-corrected chi connectivity index (χ1v) is 8.72. The van der Waals surface area contributed by atoms with Gasteiger partial charge < -0.3 is 14.8 Å². The van der Waals surface area contributed by atoms with Gasteiger partial charge in [0.1, 0.15) is 11.5 Å². The van der Waals surface area contributed by atoms with Crippen LogP contribution in [0.1, 0.15) is 0 Å². The molecule has 0 aliphatic heterocycles. The Bertz CT molecular complexity index is 1080. The number of aromatic nitrogens is 1. The molecule has 4 aromatic rings. The lowest BCUT2D eigenvalue weighted by Crippen LogP contribution is -1.97. The van der Waals surface area contributed by atoms with Gasteiger partial charge in [0.2, 0.25) is 0 Å². The Morgan fingerprint density at radius 2 is 1.59 bits per heavy atom. The van der Waals surface area contributed by atoms with Crippen molar-refractivity contribution in [2.75, 3.05) is 19.5 Å². The van der Waals surface area contributed by atoms with Gasteiger partial charge in [0.05, 0.1) is 25.4 Å². The molecule has 0 saturated carbocycles. The molecule has 0 saturated heterocycles. The zero-order valence-corrected chi connectivity index (χ0v) is 15.3. The predicted molar refractivity (Wildman–Crippen MR) is 110 cm³/mol. The maximum absolute atomic E-state index is 5.49. The summed E-state index contributed by atoms with van der Waals surface area (Å²) in [5.41, 5.74) is 5.11. The lowest BCUT2D eigenvalue weighted by Gasteiger charge is -2.14. The molecule has 0 fully saturated rings. The van der Waals surface area contributed by atoms with Crippen molar-refractivity contribution in [1.29, 1.82) is 0 Å². The Balaban J connectivity index is 1.73. The first-order valence-electron chi connectivity index (χ1n) is 8.72. The third-order valence-corrected chi connectivity index (χ3v) is 4.53. The van der Waals surface area contributed by atoms with Crippen LogP contribution in [0.25, 0.3) is 22.0 Å². The molecular weight excluding hydrogens is 336 g/mol. The lowest BCUT2D eigenvalue weighted by molar-refractivity contribution is 0.395. The van der Waals surface area contributed by atoms with Crippen LogP contribution in [0.4, 0.5) is 11.4 Å². The molecule has 4 nitrogen and oxygen atoms in total. The molecule has 0 aliphatic rings. The third-order valence-electron chi connectivity index (χ3n) is 4.53. The van der Waals surface area contributed by atoms with E-state index in [4.69, 9.17) is 9.47 Å². The summed E-state index contributed by atoms with van der Waals surface area (Å²) in [5.74, 6) is 1.48. The first-order chi connectivity index (χ1) is 13.3. The summed E-state index contributed by atoms with van der Waals surface area (Å²) in [5, 5.41) is 4.51. The van der Waals surface area contributed by atoms with Crippen LogP contribution in [-0.4, -0.2) is 19.2 Å². The van der Waals surface area contributed by atoms with Gasteiger partial charge in [0.15, 0.2) is 0 Å². The Morgan fingerprint density at radius 3 is 2.37 bits per heavy atom. The molecule has 4 rings (SSSR count). The van der Waals surface area contributed by atoms with Crippen molar-refractivity contribution in [3.63, 3.8) is 0 Å². The number of ether oxygens (including phenoxy) is 2. The first kappa shape index (κ1) is 16.9. The Morgan fingerprint density at radius 1 is 0.741 bits per heavy atom. The van der Waals surface area contributed by atoms with Crippen LogP contribution in [0.15, 0.2) is 79.0 Å². The van der Waals surface area contributed by atoms with Gasteiger partial charge in [-0.2, -0.15) is 0 Å². The average molecular weight is 356 g/mol. The maximum atomic E-state index is 5.49. The van der Waals surface area contributed by atoms with Gasteiger partial charge in [-0.15, -0.1) is 0 Å². The van der Waals surface area contributed by atoms with Gasteiger partial charge in [0, 0.05) is 23.3 Å². The minimum absolute atomic E-state index is 0.722. The summed E-state index contributed by atoms with van der Waals surface area (Å²) in [4.78, 5) is 4.55. The number of fused-ring (bicyclic) bond motifs is 1. The van der Waals surface area contributed by atoms with E-state index < -0.39 is 0 Å². The highest BCUT2D eigenvalue weighted by Crippen LogP contribution is 2.34. The summed E-state index contributed by atoms with van der Waals surface area (Å²) in [6.07, 6.45) is 1.81. The second kappa shape index (κ2) is 7.38. The molecule has 0 amide bonds. The van der Waals surface area contributed by atoms with Gasteiger partial charge >= 0.3 is 0 Å². The lowest BCUT2D eigenvalue weighted by atomic mass is 10.0. The zero-order chi connectivity index (χ0) is 18.6. The number of nitrogens with zero attached hydrogens (tertiary/aromatic N) is 1. The van der Waals surface area contributed by atoms with E-state index in [0.29, 0.717) is 0 Å². The van der Waals surface area contributed by atoms with Crippen LogP contribution in [0.2, 0.25) is 0 Å². The van der Waals surface area contributed by atoms with Crippen molar-refractivity contribution < 1.29 is 9.47 Å². The van der Waals surface area contributed by atoms with E-state index >= 15 is 0 Å². The van der Waals surface area contributed by atoms with E-state index in [2.05, 4.69) is 40.6 Å². The number of rotatable bonds is 5. The quantitative estimate of drug-likeness (QED) is 0.501. The van der Waals surface area contributed by atoms with E-state index in [9.17, 15) is 0 Å². The number of methoxy groups -OCH3 is 2. The smallest absolute Gasteiger partial charge is 0.145 e. The minimum atomic E-state index is 0.722. The fourth-order valence-corrected chi connectivity index (χ4v) is 3.11. The normalized spacial score (nSPS) is 10.6. The van der Waals surface area contributed by atoms with Crippen molar-refractivity contribution >= 4 is 22.3 Å². The number of pyridine rings is 1. The van der Waals surface area contributed by atoms with Crippen LogP contribution < -0.4 is 14.8 Å². The van der Waals surface area contributed by atoms with Crippen LogP contribution in [-0.2, 0) is 0 Å². The van der Waals surface area contributed by atoms with E-state index in [1.165, 1.54) is 5.56 Å². The molecule has 0 radical (unpaired) electrons. The van der Waals surface area contributed by atoms with Gasteiger partial charge in [-0.25, -0.2) is 0 Å². The van der Waals surface area contributed by atoms with Gasteiger partial charge in [-0.3, -0.25) is 4.98 Å². The SMILES string of the molecule is COc1ccc(Nc2ccnc3cc(-c4ccccc4)ccc23)c(OC)c1. The van der Waals surface area contributed by atoms with Crippen molar-refractivity contribution in [1.82, 2.24) is 4.98 Å². The molecule has 4 heteroatoms. The van der Waals surface area contributed by atoms with Crippen LogP contribution in [0, 0.1) is 0 Å². The van der Waals surface area contributed by atoms with Gasteiger partial charge in [0.25, 0.3) is 0 Å². The summed E-state index contributed by atoms with van der Waals surface area (Å²) in [6.45, 7) is 0. The molecule has 1 N–H and O–H groups in total. The van der Waals surface area contributed by atoms with Gasteiger partial charge in [-0.1, -0.05) is 42.5 Å². The monoisotopic (exact) mass is 356 g/mol. The molecule has 1 aromatic heterocycles. The number of nitrogens with one attached hydrogen (secondary N) is 1. The van der Waals surface area contributed by atoms with E-state index in [0.717, 1.165) is 39.3 Å². The van der Waals surface area contributed by atoms with Crippen molar-refractivity contribution in [2.24, 2.45) is 0 Å². The maximum Gasteiger partial charge on any atom is 0.145 e. The van der Waals surface area contributed by atoms with Crippen molar-refractivity contribution in [3.8, 4) is 22.6 Å². The molecule has 3 aromatic carbocycles. The summed E-state index contributed by atoms with van der Waals surface area (Å²) in [7, 11) is 3.29. The van der Waals surface area contributed by atoms with Gasteiger partial charge in [-0.05, 0) is 35.4 Å². The highest BCUT2D eigenvalue weighted by molar-refractivity contribution is 5.95. The van der Waals surface area contributed by atoms with Crippen molar-refractivity contribution in [2.45, 2.75) is 0 Å². The molecule has 134 valence electrons. The fraction of sp³-hybridized carbons (Fsp3) is 0.0870. The molecular formula is C23H20N2O2. The fourth-order valence-electron chi connectivity index (χ4n) is 3.11. The summed E-state index contributed by atoms with van der Waals surface area (Å²) >= 11 is 0. The predicted octanol–water partition coefficient (Wildman–Crippen LogP) is 5.66. The second-order valence-corrected chi connectivity index (χ2v) is 6.15. The third kappa shape index (κ3) is 3.42. The minimum Gasteiger partial charge on any atom is -0.497 e. The average Bonchev–Trinajstić information content (AvgIpc) is 2.74. The van der Waals surface area contributed by atoms with Crippen LogP contribution in [0.5, 0.6) is 11.5 Å².